The molecular formula is C15H22N2O2. The molecule has 1 heterocycles. The van der Waals surface area contributed by atoms with Gasteiger partial charge < -0.3 is 20.1 Å². The first-order valence-electron chi connectivity index (χ1n) is 6.92. The topological polar surface area (TPSA) is 47.7 Å². The van der Waals surface area contributed by atoms with Crippen molar-refractivity contribution in [1.82, 2.24) is 4.90 Å². The van der Waals surface area contributed by atoms with Gasteiger partial charge in [0.05, 0.1) is 0 Å². The predicted molar refractivity (Wildman–Crippen MR) is 74.3 cm³/mol. The van der Waals surface area contributed by atoms with Crippen molar-refractivity contribution in [3.05, 3.63) is 23.8 Å². The van der Waals surface area contributed by atoms with E-state index in [0.717, 1.165) is 18.0 Å². The van der Waals surface area contributed by atoms with Gasteiger partial charge in [0, 0.05) is 11.5 Å². The van der Waals surface area contributed by atoms with Gasteiger partial charge in [-0.05, 0) is 51.2 Å². The molecule has 1 aliphatic heterocycles. The quantitative estimate of drug-likeness (QED) is 0.903. The lowest BCUT2D eigenvalue weighted by atomic mass is 9.62. The smallest absolute Gasteiger partial charge is 0.231 e. The zero-order valence-electron chi connectivity index (χ0n) is 11.7. The number of hydrogen-bond donors (Lipinski definition) is 1. The first-order chi connectivity index (χ1) is 9.16. The van der Waals surface area contributed by atoms with Crippen LogP contribution in [0.5, 0.6) is 11.5 Å². The Kier molecular flexibility index (Phi) is 3.15. The van der Waals surface area contributed by atoms with E-state index in [-0.39, 0.29) is 5.41 Å². The number of benzene rings is 1. The summed E-state index contributed by atoms with van der Waals surface area (Å²) in [5.74, 6) is 1.70. The van der Waals surface area contributed by atoms with E-state index in [1.165, 1.54) is 24.8 Å². The first-order valence-corrected chi connectivity index (χ1v) is 6.92. The van der Waals surface area contributed by atoms with Crippen LogP contribution >= 0.6 is 0 Å². The predicted octanol–water partition coefficient (Wildman–Crippen LogP) is 2.15. The van der Waals surface area contributed by atoms with E-state index in [0.29, 0.717) is 12.8 Å². The maximum absolute atomic E-state index is 6.08. The number of nitrogens with zero attached hydrogens (tertiary/aromatic N) is 1. The van der Waals surface area contributed by atoms with Crippen molar-refractivity contribution < 1.29 is 9.47 Å². The molecule has 4 nitrogen and oxygen atoms in total. The molecule has 3 rings (SSSR count). The Morgan fingerprint density at radius 2 is 2.00 bits per heavy atom. The lowest BCUT2D eigenvalue weighted by Gasteiger charge is -2.50. The molecule has 1 aromatic carbocycles. The first kappa shape index (κ1) is 12.8. The largest absolute Gasteiger partial charge is 0.454 e. The third kappa shape index (κ3) is 1.99. The second-order valence-corrected chi connectivity index (χ2v) is 5.90. The minimum absolute atomic E-state index is 0.219. The molecule has 4 heteroatoms. The van der Waals surface area contributed by atoms with E-state index in [4.69, 9.17) is 15.2 Å². The van der Waals surface area contributed by atoms with Crippen molar-refractivity contribution in [2.24, 2.45) is 11.1 Å². The summed E-state index contributed by atoms with van der Waals surface area (Å²) in [6, 6.07) is 6.62. The number of hydrogen-bond acceptors (Lipinski definition) is 4. The van der Waals surface area contributed by atoms with E-state index in [1.54, 1.807) is 0 Å². The third-order valence-electron chi connectivity index (χ3n) is 4.56. The summed E-state index contributed by atoms with van der Waals surface area (Å²) >= 11 is 0. The Labute approximate surface area is 114 Å². The van der Waals surface area contributed by atoms with Crippen LogP contribution in [0.15, 0.2) is 18.2 Å². The molecule has 0 bridgehead atoms. The summed E-state index contributed by atoms with van der Waals surface area (Å²) < 4.78 is 10.9. The van der Waals surface area contributed by atoms with Gasteiger partial charge in [0.2, 0.25) is 6.79 Å². The SMILES string of the molecule is CN(C)C(c1ccc2c(c1)OCO2)C1(CN)CCC1. The van der Waals surface area contributed by atoms with Gasteiger partial charge in [-0.3, -0.25) is 0 Å². The molecule has 1 atom stereocenters. The van der Waals surface area contributed by atoms with Crippen LogP contribution in [0.3, 0.4) is 0 Å². The lowest BCUT2D eigenvalue weighted by molar-refractivity contribution is 0.0281. The van der Waals surface area contributed by atoms with E-state index < -0.39 is 0 Å². The third-order valence-corrected chi connectivity index (χ3v) is 4.56. The zero-order valence-corrected chi connectivity index (χ0v) is 11.7. The van der Waals surface area contributed by atoms with E-state index >= 15 is 0 Å². The lowest BCUT2D eigenvalue weighted by Crippen LogP contribution is -2.47. The molecule has 1 fully saturated rings. The summed E-state index contributed by atoms with van der Waals surface area (Å²) in [5.41, 5.74) is 7.57. The molecule has 19 heavy (non-hydrogen) atoms. The fourth-order valence-corrected chi connectivity index (χ4v) is 3.50. The second-order valence-electron chi connectivity index (χ2n) is 5.90. The Bertz CT molecular complexity index is 464. The average Bonchev–Trinajstić information content (AvgIpc) is 2.80. The van der Waals surface area contributed by atoms with Gasteiger partial charge >= 0.3 is 0 Å². The molecule has 1 unspecified atom stereocenters. The molecule has 0 radical (unpaired) electrons. The van der Waals surface area contributed by atoms with Crippen LogP contribution in [0.25, 0.3) is 0 Å². The van der Waals surface area contributed by atoms with Crippen molar-refractivity contribution in [3.8, 4) is 11.5 Å². The molecule has 0 saturated heterocycles. The molecule has 1 saturated carbocycles. The van der Waals surface area contributed by atoms with Gasteiger partial charge in [0.25, 0.3) is 0 Å². The van der Waals surface area contributed by atoms with E-state index in [1.807, 2.05) is 6.07 Å². The van der Waals surface area contributed by atoms with Crippen molar-refractivity contribution in [2.75, 3.05) is 27.4 Å². The molecule has 1 aromatic rings. The Morgan fingerprint density at radius 3 is 2.58 bits per heavy atom. The monoisotopic (exact) mass is 262 g/mol. The number of ether oxygens (including phenoxy) is 2. The molecule has 0 spiro atoms. The van der Waals surface area contributed by atoms with Crippen LogP contribution in [0, 0.1) is 5.41 Å². The van der Waals surface area contributed by atoms with Crippen molar-refractivity contribution >= 4 is 0 Å². The van der Waals surface area contributed by atoms with E-state index in [2.05, 4.69) is 31.1 Å². The van der Waals surface area contributed by atoms with Crippen molar-refractivity contribution in [3.63, 3.8) is 0 Å². The summed E-state index contributed by atoms with van der Waals surface area (Å²) in [6.07, 6.45) is 3.70. The second kappa shape index (κ2) is 4.69. The highest BCUT2D eigenvalue weighted by molar-refractivity contribution is 5.45. The summed E-state index contributed by atoms with van der Waals surface area (Å²) in [5, 5.41) is 0. The van der Waals surface area contributed by atoms with Gasteiger partial charge in [0.15, 0.2) is 11.5 Å². The summed E-state index contributed by atoms with van der Waals surface area (Å²) in [4.78, 5) is 2.28. The highest BCUT2D eigenvalue weighted by atomic mass is 16.7. The molecule has 0 amide bonds. The Morgan fingerprint density at radius 1 is 1.26 bits per heavy atom. The molecule has 0 aromatic heterocycles. The van der Waals surface area contributed by atoms with Crippen molar-refractivity contribution in [2.45, 2.75) is 25.3 Å². The van der Waals surface area contributed by atoms with Crippen LogP contribution < -0.4 is 15.2 Å². The van der Waals surface area contributed by atoms with Gasteiger partial charge in [-0.25, -0.2) is 0 Å². The highest BCUT2D eigenvalue weighted by Crippen LogP contribution is 2.52. The standard InChI is InChI=1S/C15H22N2O2/c1-17(2)14(15(9-16)6-3-7-15)11-4-5-12-13(8-11)19-10-18-12/h4-5,8,14H,3,6-7,9-10,16H2,1-2H3. The molecule has 1 aliphatic carbocycles. The average molecular weight is 262 g/mol. The van der Waals surface area contributed by atoms with Crippen LogP contribution in [-0.2, 0) is 0 Å². The number of fused-ring (bicyclic) bond motifs is 1. The molecular weight excluding hydrogens is 240 g/mol. The van der Waals surface area contributed by atoms with E-state index in [9.17, 15) is 0 Å². The van der Waals surface area contributed by atoms with Crippen LogP contribution in [0.1, 0.15) is 30.9 Å². The van der Waals surface area contributed by atoms with Crippen molar-refractivity contribution in [1.29, 1.82) is 0 Å². The zero-order chi connectivity index (χ0) is 13.5. The summed E-state index contributed by atoms with van der Waals surface area (Å²) in [7, 11) is 4.26. The maximum Gasteiger partial charge on any atom is 0.231 e. The minimum atomic E-state index is 0.219. The molecule has 2 aliphatic rings. The molecule has 104 valence electrons. The highest BCUT2D eigenvalue weighted by Gasteiger charge is 2.44. The fourth-order valence-electron chi connectivity index (χ4n) is 3.50. The summed E-state index contributed by atoms with van der Waals surface area (Å²) in [6.45, 7) is 1.07. The normalized spacial score (nSPS) is 21.3. The number of nitrogens with two attached hydrogens (primary N) is 1. The Hall–Kier alpha value is -1.26. The van der Waals surface area contributed by atoms with Gasteiger partial charge in [0.1, 0.15) is 0 Å². The maximum atomic E-state index is 6.08. The Balaban J connectivity index is 1.96. The van der Waals surface area contributed by atoms with Crippen LogP contribution in [-0.4, -0.2) is 32.3 Å². The minimum Gasteiger partial charge on any atom is -0.454 e. The van der Waals surface area contributed by atoms with Gasteiger partial charge in [-0.2, -0.15) is 0 Å². The van der Waals surface area contributed by atoms with Gasteiger partial charge in [-0.1, -0.05) is 12.5 Å². The fraction of sp³-hybridized carbons (Fsp3) is 0.600. The van der Waals surface area contributed by atoms with Crippen LogP contribution in [0.4, 0.5) is 0 Å². The van der Waals surface area contributed by atoms with Gasteiger partial charge in [-0.15, -0.1) is 0 Å². The van der Waals surface area contributed by atoms with Crippen LogP contribution in [0.2, 0.25) is 0 Å². The molecule has 2 N–H and O–H groups in total. The number of rotatable bonds is 4.